The van der Waals surface area contributed by atoms with Gasteiger partial charge in [-0.05, 0) is 45.7 Å². The molecule has 20 heavy (non-hydrogen) atoms. The van der Waals surface area contributed by atoms with Crippen LogP contribution >= 0.6 is 0 Å². The van der Waals surface area contributed by atoms with E-state index >= 15 is 0 Å². The number of nitrogens with zero attached hydrogens (tertiary/aromatic N) is 1. The molecule has 0 amide bonds. The molecule has 4 nitrogen and oxygen atoms in total. The Morgan fingerprint density at radius 2 is 2.05 bits per heavy atom. The molecule has 0 aliphatic carbocycles. The van der Waals surface area contributed by atoms with Crippen LogP contribution in [0.2, 0.25) is 0 Å². The molecule has 0 aromatic carbocycles. The van der Waals surface area contributed by atoms with Gasteiger partial charge >= 0.3 is 0 Å². The van der Waals surface area contributed by atoms with Gasteiger partial charge < -0.3 is 19.7 Å². The van der Waals surface area contributed by atoms with E-state index in [1.807, 2.05) is 0 Å². The number of likely N-dealkylation sites (N-methyl/N-ethyl adjacent to an activating group) is 1. The van der Waals surface area contributed by atoms with E-state index in [2.05, 4.69) is 24.2 Å². The predicted molar refractivity (Wildman–Crippen MR) is 82.1 cm³/mol. The Morgan fingerprint density at radius 3 is 2.80 bits per heavy atom. The van der Waals surface area contributed by atoms with Crippen molar-refractivity contribution in [2.24, 2.45) is 5.92 Å². The third kappa shape index (κ3) is 5.32. The molecular weight excluding hydrogens is 252 g/mol. The first kappa shape index (κ1) is 16.2. The van der Waals surface area contributed by atoms with Gasteiger partial charge in [-0.1, -0.05) is 6.92 Å². The Balaban J connectivity index is 1.73. The van der Waals surface area contributed by atoms with E-state index in [1.54, 1.807) is 0 Å². The quantitative estimate of drug-likeness (QED) is 0.774. The summed E-state index contributed by atoms with van der Waals surface area (Å²) in [6, 6.07) is 0.624. The summed E-state index contributed by atoms with van der Waals surface area (Å²) in [6.07, 6.45) is 6.59. The van der Waals surface area contributed by atoms with Crippen molar-refractivity contribution in [2.75, 3.05) is 46.5 Å². The van der Waals surface area contributed by atoms with Crippen molar-refractivity contribution in [3.8, 4) is 0 Å². The monoisotopic (exact) mass is 284 g/mol. The first-order valence-electron chi connectivity index (χ1n) is 8.41. The fourth-order valence-corrected chi connectivity index (χ4v) is 3.35. The average molecular weight is 284 g/mol. The average Bonchev–Trinajstić information content (AvgIpc) is 2.47. The summed E-state index contributed by atoms with van der Waals surface area (Å²) >= 11 is 0. The van der Waals surface area contributed by atoms with Crippen molar-refractivity contribution in [1.82, 2.24) is 10.2 Å². The summed E-state index contributed by atoms with van der Waals surface area (Å²) in [5.41, 5.74) is 0. The van der Waals surface area contributed by atoms with Gasteiger partial charge in [0, 0.05) is 38.3 Å². The number of nitrogens with one attached hydrogen (secondary N) is 1. The molecule has 2 heterocycles. The molecule has 0 radical (unpaired) electrons. The fraction of sp³-hybridized carbons (Fsp3) is 1.00. The molecule has 3 atom stereocenters. The van der Waals surface area contributed by atoms with E-state index in [0.29, 0.717) is 18.1 Å². The second-order valence-electron chi connectivity index (χ2n) is 6.39. The largest absolute Gasteiger partial charge is 0.381 e. The zero-order valence-electron chi connectivity index (χ0n) is 13.3. The Labute approximate surface area is 124 Å². The Bertz CT molecular complexity index is 257. The fourth-order valence-electron chi connectivity index (χ4n) is 3.35. The second kappa shape index (κ2) is 8.98. The summed E-state index contributed by atoms with van der Waals surface area (Å²) in [6.45, 7) is 8.29. The molecule has 2 fully saturated rings. The van der Waals surface area contributed by atoms with E-state index < -0.39 is 0 Å². The van der Waals surface area contributed by atoms with Crippen LogP contribution in [-0.4, -0.2) is 63.5 Å². The molecule has 2 rings (SSSR count). The van der Waals surface area contributed by atoms with Gasteiger partial charge in [-0.15, -0.1) is 0 Å². The van der Waals surface area contributed by atoms with Crippen LogP contribution in [0.4, 0.5) is 0 Å². The van der Waals surface area contributed by atoms with Crippen LogP contribution in [0, 0.1) is 5.92 Å². The van der Waals surface area contributed by atoms with Gasteiger partial charge in [0.05, 0.1) is 12.7 Å². The molecule has 1 N–H and O–H groups in total. The lowest BCUT2D eigenvalue weighted by molar-refractivity contribution is -0.0164. The summed E-state index contributed by atoms with van der Waals surface area (Å²) in [4.78, 5) is 2.44. The first-order chi connectivity index (χ1) is 9.79. The minimum Gasteiger partial charge on any atom is -0.381 e. The minimum absolute atomic E-state index is 0.445. The Kier molecular flexibility index (Phi) is 7.28. The lowest BCUT2D eigenvalue weighted by Crippen LogP contribution is -2.48. The number of hydrogen-bond donors (Lipinski definition) is 1. The summed E-state index contributed by atoms with van der Waals surface area (Å²) in [5.74, 6) is 0.615. The van der Waals surface area contributed by atoms with Crippen LogP contribution in [0.25, 0.3) is 0 Å². The molecule has 4 heteroatoms. The highest BCUT2D eigenvalue weighted by Gasteiger charge is 2.27. The lowest BCUT2D eigenvalue weighted by Gasteiger charge is -2.36. The molecule has 3 unspecified atom stereocenters. The highest BCUT2D eigenvalue weighted by Crippen LogP contribution is 2.18. The topological polar surface area (TPSA) is 33.7 Å². The smallest absolute Gasteiger partial charge is 0.0701 e. The van der Waals surface area contributed by atoms with Crippen LogP contribution < -0.4 is 5.32 Å². The van der Waals surface area contributed by atoms with Gasteiger partial charge in [0.25, 0.3) is 0 Å². The Hall–Kier alpha value is -0.160. The standard InChI is InChI=1S/C16H32N2O2/c1-3-8-17-16-7-10-19-13-14(16)11-18(2)12-15-6-4-5-9-20-15/h14-17H,3-13H2,1-2H3. The maximum atomic E-state index is 5.84. The van der Waals surface area contributed by atoms with Gasteiger partial charge in [0.15, 0.2) is 0 Å². The molecule has 0 spiro atoms. The zero-order valence-corrected chi connectivity index (χ0v) is 13.3. The second-order valence-corrected chi connectivity index (χ2v) is 6.39. The SMILES string of the molecule is CCCNC1CCOCC1CN(C)CC1CCCCO1. The highest BCUT2D eigenvalue weighted by molar-refractivity contribution is 4.82. The third-order valence-electron chi connectivity index (χ3n) is 4.47. The molecule has 118 valence electrons. The third-order valence-corrected chi connectivity index (χ3v) is 4.47. The van der Waals surface area contributed by atoms with Gasteiger partial charge in [0.1, 0.15) is 0 Å². The van der Waals surface area contributed by atoms with E-state index in [9.17, 15) is 0 Å². The van der Waals surface area contributed by atoms with E-state index in [-0.39, 0.29) is 0 Å². The maximum Gasteiger partial charge on any atom is 0.0701 e. The molecule has 2 aliphatic heterocycles. The molecule has 0 aromatic rings. The zero-order chi connectivity index (χ0) is 14.2. The van der Waals surface area contributed by atoms with Crippen molar-refractivity contribution in [3.63, 3.8) is 0 Å². The van der Waals surface area contributed by atoms with Gasteiger partial charge in [-0.25, -0.2) is 0 Å². The van der Waals surface area contributed by atoms with Crippen LogP contribution in [-0.2, 0) is 9.47 Å². The number of ether oxygens (including phenoxy) is 2. The molecule has 0 saturated carbocycles. The van der Waals surface area contributed by atoms with Gasteiger partial charge in [-0.3, -0.25) is 0 Å². The van der Waals surface area contributed by atoms with Gasteiger partial charge in [-0.2, -0.15) is 0 Å². The molecule has 0 aromatic heterocycles. The molecule has 2 aliphatic rings. The summed E-state index contributed by atoms with van der Waals surface area (Å²) in [5, 5.41) is 3.69. The lowest BCUT2D eigenvalue weighted by atomic mass is 9.94. The van der Waals surface area contributed by atoms with E-state index in [4.69, 9.17) is 9.47 Å². The van der Waals surface area contributed by atoms with Crippen molar-refractivity contribution in [3.05, 3.63) is 0 Å². The van der Waals surface area contributed by atoms with Crippen LogP contribution in [0.1, 0.15) is 39.0 Å². The van der Waals surface area contributed by atoms with Crippen LogP contribution in [0.15, 0.2) is 0 Å². The van der Waals surface area contributed by atoms with Crippen molar-refractivity contribution >= 4 is 0 Å². The van der Waals surface area contributed by atoms with Crippen molar-refractivity contribution < 1.29 is 9.47 Å². The number of hydrogen-bond acceptors (Lipinski definition) is 4. The normalized spacial score (nSPS) is 31.6. The van der Waals surface area contributed by atoms with Crippen molar-refractivity contribution in [2.45, 2.75) is 51.2 Å². The van der Waals surface area contributed by atoms with Gasteiger partial charge in [0.2, 0.25) is 0 Å². The molecular formula is C16H32N2O2. The number of rotatable bonds is 7. The molecule has 2 saturated heterocycles. The Morgan fingerprint density at radius 1 is 1.15 bits per heavy atom. The van der Waals surface area contributed by atoms with Crippen LogP contribution in [0.3, 0.4) is 0 Å². The maximum absolute atomic E-state index is 5.84. The van der Waals surface area contributed by atoms with E-state index in [0.717, 1.165) is 45.9 Å². The molecule has 0 bridgehead atoms. The van der Waals surface area contributed by atoms with Crippen LogP contribution in [0.5, 0.6) is 0 Å². The summed E-state index contributed by atoms with van der Waals surface area (Å²) < 4.78 is 11.5. The van der Waals surface area contributed by atoms with E-state index in [1.165, 1.54) is 25.7 Å². The van der Waals surface area contributed by atoms with Crippen molar-refractivity contribution in [1.29, 1.82) is 0 Å². The highest BCUT2D eigenvalue weighted by atomic mass is 16.5. The minimum atomic E-state index is 0.445. The first-order valence-corrected chi connectivity index (χ1v) is 8.41. The predicted octanol–water partition coefficient (Wildman–Crippen LogP) is 1.89. The summed E-state index contributed by atoms with van der Waals surface area (Å²) in [7, 11) is 2.23.